The number of anilines is 2. The molecule has 0 aliphatic carbocycles. The Morgan fingerprint density at radius 3 is 2.50 bits per heavy atom. The van der Waals surface area contributed by atoms with E-state index in [-0.39, 0.29) is 34.1 Å². The summed E-state index contributed by atoms with van der Waals surface area (Å²) in [4.78, 5) is 7.99. The van der Waals surface area contributed by atoms with E-state index in [0.717, 1.165) is 12.1 Å². The first kappa shape index (κ1) is 21.8. The molecular formula is C17H12ClF4N3O4S. The summed E-state index contributed by atoms with van der Waals surface area (Å²) in [6.07, 6.45) is 1.17. The molecule has 0 fully saturated rings. The average molecular weight is 466 g/mol. The van der Waals surface area contributed by atoms with Crippen LogP contribution in [0.2, 0.25) is 5.02 Å². The molecule has 0 amide bonds. The van der Waals surface area contributed by atoms with Crippen molar-refractivity contribution in [2.45, 2.75) is 12.4 Å². The monoisotopic (exact) mass is 465 g/mol. The second-order valence-corrected chi connectivity index (χ2v) is 7.65. The lowest BCUT2D eigenvalue weighted by atomic mass is 10.2. The molecule has 30 heavy (non-hydrogen) atoms. The number of hydrogen-bond donors (Lipinski definition) is 1. The highest BCUT2D eigenvalue weighted by atomic mass is 35.5. The van der Waals surface area contributed by atoms with Crippen LogP contribution in [0.25, 0.3) is 10.9 Å². The minimum Gasteiger partial charge on any atom is -0.490 e. The summed E-state index contributed by atoms with van der Waals surface area (Å²) in [5.74, 6) is -1.52. The van der Waals surface area contributed by atoms with Gasteiger partial charge in [-0.3, -0.25) is 0 Å². The molecule has 13 heteroatoms. The minimum absolute atomic E-state index is 0.0260. The van der Waals surface area contributed by atoms with Crippen molar-refractivity contribution in [1.29, 1.82) is 0 Å². The zero-order valence-electron chi connectivity index (χ0n) is 15.0. The minimum atomic E-state index is -5.94. The van der Waals surface area contributed by atoms with Gasteiger partial charge in [0.25, 0.3) is 0 Å². The molecule has 0 atom stereocenters. The van der Waals surface area contributed by atoms with Crippen LogP contribution in [0, 0.1) is 5.82 Å². The molecule has 0 saturated carbocycles. The van der Waals surface area contributed by atoms with Gasteiger partial charge in [0, 0.05) is 17.1 Å². The maximum atomic E-state index is 13.3. The third-order valence-electron chi connectivity index (χ3n) is 3.67. The maximum absolute atomic E-state index is 13.3. The third-order valence-corrected chi connectivity index (χ3v) is 4.92. The zero-order valence-corrected chi connectivity index (χ0v) is 16.6. The van der Waals surface area contributed by atoms with E-state index in [1.807, 2.05) is 0 Å². The molecule has 0 aliphatic heterocycles. The van der Waals surface area contributed by atoms with Gasteiger partial charge in [0.15, 0.2) is 11.5 Å². The Balaban J connectivity index is 2.11. The van der Waals surface area contributed by atoms with E-state index in [4.69, 9.17) is 16.3 Å². The van der Waals surface area contributed by atoms with Gasteiger partial charge in [-0.15, -0.1) is 0 Å². The van der Waals surface area contributed by atoms with Crippen molar-refractivity contribution in [1.82, 2.24) is 9.97 Å². The molecule has 0 spiro atoms. The molecule has 1 N–H and O–H groups in total. The first-order valence-corrected chi connectivity index (χ1v) is 9.95. The summed E-state index contributed by atoms with van der Waals surface area (Å²) < 4.78 is 84.0. The standard InChI is InChI=1S/C17H12ClF4N3O4S/c1-2-28-14-7-13-10(6-15(14)29-30(26,27)17(20,21)22)16(24-8-23-13)25-9-3-4-12(19)11(18)5-9/h3-8H,2H2,1H3,(H,23,24,25). The number of aromatic nitrogens is 2. The number of benzene rings is 2. The summed E-state index contributed by atoms with van der Waals surface area (Å²) >= 11 is 5.74. The molecular weight excluding hydrogens is 454 g/mol. The topological polar surface area (TPSA) is 90.4 Å². The predicted molar refractivity (Wildman–Crippen MR) is 101 cm³/mol. The smallest absolute Gasteiger partial charge is 0.490 e. The molecule has 0 bridgehead atoms. The summed E-state index contributed by atoms with van der Waals surface area (Å²) in [5, 5.41) is 2.77. The van der Waals surface area contributed by atoms with Crippen molar-refractivity contribution in [2.75, 3.05) is 11.9 Å². The molecule has 160 valence electrons. The van der Waals surface area contributed by atoms with Crippen LogP contribution in [0.1, 0.15) is 6.92 Å². The van der Waals surface area contributed by atoms with Crippen molar-refractivity contribution in [3.05, 3.63) is 47.5 Å². The van der Waals surface area contributed by atoms with E-state index in [0.29, 0.717) is 5.69 Å². The van der Waals surface area contributed by atoms with Crippen molar-refractivity contribution < 1.29 is 34.9 Å². The number of alkyl halides is 3. The molecule has 0 aliphatic rings. The van der Waals surface area contributed by atoms with E-state index in [1.165, 1.54) is 24.5 Å². The lowest BCUT2D eigenvalue weighted by molar-refractivity contribution is -0.0500. The molecule has 1 heterocycles. The maximum Gasteiger partial charge on any atom is 0.534 e. The van der Waals surface area contributed by atoms with E-state index in [2.05, 4.69) is 19.5 Å². The number of nitrogens with zero attached hydrogens (tertiary/aromatic N) is 2. The number of fused-ring (bicyclic) bond motifs is 1. The van der Waals surface area contributed by atoms with Crippen LogP contribution in [-0.2, 0) is 10.1 Å². The molecule has 3 rings (SSSR count). The quantitative estimate of drug-likeness (QED) is 0.318. The summed E-state index contributed by atoms with van der Waals surface area (Å²) in [5.41, 5.74) is -5.09. The number of rotatable bonds is 6. The van der Waals surface area contributed by atoms with Crippen LogP contribution in [0.15, 0.2) is 36.7 Å². The van der Waals surface area contributed by atoms with Gasteiger partial charge in [0.05, 0.1) is 17.1 Å². The zero-order chi connectivity index (χ0) is 22.1. The molecule has 0 radical (unpaired) electrons. The fourth-order valence-electron chi connectivity index (χ4n) is 2.37. The van der Waals surface area contributed by atoms with Crippen LogP contribution in [0.4, 0.5) is 29.1 Å². The highest BCUT2D eigenvalue weighted by molar-refractivity contribution is 7.88. The molecule has 1 aromatic heterocycles. The average Bonchev–Trinajstić information content (AvgIpc) is 2.65. The van der Waals surface area contributed by atoms with Gasteiger partial charge >= 0.3 is 15.6 Å². The summed E-state index contributed by atoms with van der Waals surface area (Å²) in [7, 11) is -5.94. The lowest BCUT2D eigenvalue weighted by Gasteiger charge is -2.15. The van der Waals surface area contributed by atoms with E-state index >= 15 is 0 Å². The molecule has 3 aromatic rings. The Morgan fingerprint density at radius 1 is 1.13 bits per heavy atom. The second kappa shape index (κ2) is 8.11. The van der Waals surface area contributed by atoms with Crippen molar-refractivity contribution in [3.8, 4) is 11.5 Å². The Hall–Kier alpha value is -2.86. The Kier molecular flexibility index (Phi) is 5.90. The van der Waals surface area contributed by atoms with Crippen molar-refractivity contribution in [3.63, 3.8) is 0 Å². The lowest BCUT2D eigenvalue weighted by Crippen LogP contribution is -2.28. The first-order chi connectivity index (χ1) is 14.0. The molecule has 0 unspecified atom stereocenters. The molecule has 0 saturated heterocycles. The normalized spacial score (nSPS) is 12.1. The number of halogens is 5. The van der Waals surface area contributed by atoms with Crippen LogP contribution in [0.5, 0.6) is 11.5 Å². The highest BCUT2D eigenvalue weighted by Gasteiger charge is 2.49. The van der Waals surface area contributed by atoms with E-state index < -0.39 is 27.2 Å². The number of hydrogen-bond acceptors (Lipinski definition) is 7. The fraction of sp³-hybridized carbons (Fsp3) is 0.176. The van der Waals surface area contributed by atoms with E-state index in [9.17, 15) is 26.0 Å². The third kappa shape index (κ3) is 4.49. The van der Waals surface area contributed by atoms with Crippen LogP contribution in [0.3, 0.4) is 0 Å². The molecule has 2 aromatic carbocycles. The molecule has 7 nitrogen and oxygen atoms in total. The van der Waals surface area contributed by atoms with Gasteiger partial charge in [-0.1, -0.05) is 11.6 Å². The van der Waals surface area contributed by atoms with Gasteiger partial charge in [-0.05, 0) is 31.2 Å². The summed E-state index contributed by atoms with van der Waals surface area (Å²) in [6, 6.07) is 5.94. The van der Waals surface area contributed by atoms with Gasteiger partial charge in [-0.2, -0.15) is 21.6 Å². The van der Waals surface area contributed by atoms with Crippen molar-refractivity contribution >= 4 is 44.1 Å². The second-order valence-electron chi connectivity index (χ2n) is 5.71. The van der Waals surface area contributed by atoms with E-state index in [1.54, 1.807) is 6.92 Å². The Morgan fingerprint density at radius 2 is 1.87 bits per heavy atom. The number of nitrogens with one attached hydrogen (secondary N) is 1. The fourth-order valence-corrected chi connectivity index (χ4v) is 3.01. The summed E-state index contributed by atoms with van der Waals surface area (Å²) in [6.45, 7) is 1.58. The first-order valence-electron chi connectivity index (χ1n) is 8.16. The SMILES string of the molecule is CCOc1cc2ncnc(Nc3ccc(F)c(Cl)c3)c2cc1OS(=O)(=O)C(F)(F)F. The van der Waals surface area contributed by atoms with Gasteiger partial charge in [0.2, 0.25) is 0 Å². The Bertz CT molecular complexity index is 1210. The highest BCUT2D eigenvalue weighted by Crippen LogP contribution is 2.38. The van der Waals surface area contributed by atoms with Crippen LogP contribution >= 0.6 is 11.6 Å². The van der Waals surface area contributed by atoms with Gasteiger partial charge in [0.1, 0.15) is 18.0 Å². The largest absolute Gasteiger partial charge is 0.534 e. The number of ether oxygens (including phenoxy) is 1. The van der Waals surface area contributed by atoms with Gasteiger partial charge < -0.3 is 14.2 Å². The Labute approximate surface area is 172 Å². The van der Waals surface area contributed by atoms with Gasteiger partial charge in [-0.25, -0.2) is 14.4 Å². The predicted octanol–water partition coefficient (Wildman–Crippen LogP) is 4.79. The van der Waals surface area contributed by atoms with Crippen LogP contribution < -0.4 is 14.2 Å². The van der Waals surface area contributed by atoms with Crippen molar-refractivity contribution in [2.24, 2.45) is 0 Å². The van der Waals surface area contributed by atoms with Crippen LogP contribution in [-0.4, -0.2) is 30.5 Å².